The van der Waals surface area contributed by atoms with Gasteiger partial charge in [-0.05, 0) is 18.2 Å². The number of carbonyl (C=O) groups is 1. The van der Waals surface area contributed by atoms with Crippen LogP contribution in [0, 0.1) is 0 Å². The van der Waals surface area contributed by atoms with E-state index in [-0.39, 0.29) is 23.3 Å². The summed E-state index contributed by atoms with van der Waals surface area (Å²) in [6.45, 7) is 0.0886. The molecule has 2 rings (SSSR count). The lowest BCUT2D eigenvalue weighted by Crippen LogP contribution is -2.28. The normalized spacial score (nSPS) is 18.2. The summed E-state index contributed by atoms with van der Waals surface area (Å²) in [5.41, 5.74) is 5.85. The third-order valence-corrected chi connectivity index (χ3v) is 3.62. The molecule has 0 bridgehead atoms. The number of hydrogen-bond donors (Lipinski definition) is 2. The number of anilines is 1. The van der Waals surface area contributed by atoms with Gasteiger partial charge in [0.25, 0.3) is 10.0 Å². The molecule has 8 heteroatoms. The summed E-state index contributed by atoms with van der Waals surface area (Å²) in [5.74, 6) is -0.276. The molecule has 18 heavy (non-hydrogen) atoms. The zero-order valence-corrected chi connectivity index (χ0v) is 10.4. The van der Waals surface area contributed by atoms with E-state index < -0.39 is 10.0 Å². The number of sulfonamides is 1. The number of nitrogens with zero attached hydrogens (tertiary/aromatic N) is 2. The molecule has 0 aliphatic carbocycles. The van der Waals surface area contributed by atoms with E-state index in [1.807, 2.05) is 0 Å². The second kappa shape index (κ2) is 4.30. The predicted octanol–water partition coefficient (Wildman–Crippen LogP) is -0.625. The highest BCUT2D eigenvalue weighted by Crippen LogP contribution is 2.16. The number of nitrogens with one attached hydrogen (secondary N) is 1. The van der Waals surface area contributed by atoms with Gasteiger partial charge in [0.2, 0.25) is 11.9 Å². The topological polar surface area (TPSA) is 105 Å². The van der Waals surface area contributed by atoms with Gasteiger partial charge in [0.05, 0.1) is 11.4 Å². The second-order valence-electron chi connectivity index (χ2n) is 3.87. The number of amides is 1. The summed E-state index contributed by atoms with van der Waals surface area (Å²) < 4.78 is 27.5. The van der Waals surface area contributed by atoms with Crippen LogP contribution in [0.2, 0.25) is 0 Å². The van der Waals surface area contributed by atoms with Crippen LogP contribution >= 0.6 is 0 Å². The van der Waals surface area contributed by atoms with E-state index in [1.54, 1.807) is 13.1 Å². The van der Waals surface area contributed by atoms with Crippen LogP contribution < -0.4 is 11.1 Å². The first-order valence-electron chi connectivity index (χ1n) is 5.10. The standard InChI is InChI=1S/C10H12N4O3S/c1-14-6-9(15)12-10(14)13-18(16,17)8-4-2-3-7(11)5-8/h2-5H,6,11H2,1H3,(H,12,13,15). The first-order chi connectivity index (χ1) is 8.38. The Hall–Kier alpha value is -2.09. The summed E-state index contributed by atoms with van der Waals surface area (Å²) in [5, 5.41) is 2.37. The van der Waals surface area contributed by atoms with Crippen LogP contribution in [0.15, 0.2) is 33.6 Å². The van der Waals surface area contributed by atoms with Crippen molar-refractivity contribution in [2.45, 2.75) is 4.90 Å². The van der Waals surface area contributed by atoms with Crippen molar-refractivity contribution in [2.75, 3.05) is 19.3 Å². The predicted molar refractivity (Wildman–Crippen MR) is 66.2 cm³/mol. The van der Waals surface area contributed by atoms with Crippen molar-refractivity contribution in [2.24, 2.45) is 4.40 Å². The van der Waals surface area contributed by atoms with Gasteiger partial charge < -0.3 is 10.6 Å². The van der Waals surface area contributed by atoms with Gasteiger partial charge in [0.1, 0.15) is 0 Å². The van der Waals surface area contributed by atoms with E-state index in [0.717, 1.165) is 0 Å². The number of nitrogens with two attached hydrogens (primary N) is 1. The van der Waals surface area contributed by atoms with Crippen LogP contribution in [0.25, 0.3) is 0 Å². The summed E-state index contributed by atoms with van der Waals surface area (Å²) in [7, 11) is -2.30. The Balaban J connectivity index is 2.39. The van der Waals surface area contributed by atoms with Crippen LogP contribution in [0.1, 0.15) is 0 Å². The van der Waals surface area contributed by atoms with Gasteiger partial charge in [0.15, 0.2) is 0 Å². The van der Waals surface area contributed by atoms with E-state index in [2.05, 4.69) is 9.71 Å². The fourth-order valence-corrected chi connectivity index (χ4v) is 2.54. The minimum absolute atomic E-state index is 0.00968. The Bertz CT molecular complexity index is 624. The molecule has 3 N–H and O–H groups in total. The SMILES string of the molecule is CN1CC(=O)N/C1=N\S(=O)(=O)c1cccc(N)c1. The number of guanidine groups is 1. The number of hydrogen-bond acceptors (Lipinski definition) is 4. The third-order valence-electron chi connectivity index (χ3n) is 2.36. The lowest BCUT2D eigenvalue weighted by Gasteiger charge is -2.08. The Morgan fingerprint density at radius 3 is 2.72 bits per heavy atom. The third kappa shape index (κ3) is 2.43. The molecule has 1 aromatic carbocycles. The van der Waals surface area contributed by atoms with E-state index in [4.69, 9.17) is 5.73 Å². The fraction of sp³-hybridized carbons (Fsp3) is 0.200. The molecule has 0 unspecified atom stereocenters. The molecule has 0 saturated carbocycles. The zero-order chi connectivity index (χ0) is 13.3. The monoisotopic (exact) mass is 268 g/mol. The lowest BCUT2D eigenvalue weighted by atomic mass is 10.3. The highest BCUT2D eigenvalue weighted by Gasteiger charge is 2.24. The van der Waals surface area contributed by atoms with Crippen LogP contribution in [-0.2, 0) is 14.8 Å². The second-order valence-corrected chi connectivity index (χ2v) is 5.47. The Morgan fingerprint density at radius 2 is 2.17 bits per heavy atom. The molecule has 96 valence electrons. The van der Waals surface area contributed by atoms with Gasteiger partial charge in [0, 0.05) is 12.7 Å². The van der Waals surface area contributed by atoms with Crippen LogP contribution in [0.3, 0.4) is 0 Å². The van der Waals surface area contributed by atoms with Crippen molar-refractivity contribution < 1.29 is 13.2 Å². The van der Waals surface area contributed by atoms with Crippen molar-refractivity contribution in [1.82, 2.24) is 10.2 Å². The van der Waals surface area contributed by atoms with E-state index in [9.17, 15) is 13.2 Å². The quantitative estimate of drug-likeness (QED) is 0.695. The highest BCUT2D eigenvalue weighted by molar-refractivity contribution is 7.90. The minimum Gasteiger partial charge on any atom is -0.399 e. The Labute approximate surface area is 104 Å². The molecule has 1 aliphatic heterocycles. The average molecular weight is 268 g/mol. The van der Waals surface area contributed by atoms with Crippen LogP contribution in [0.4, 0.5) is 5.69 Å². The fourth-order valence-electron chi connectivity index (χ4n) is 1.48. The zero-order valence-electron chi connectivity index (χ0n) is 9.62. The number of rotatable bonds is 2. The summed E-state index contributed by atoms with van der Waals surface area (Å²) in [4.78, 5) is 12.5. The highest BCUT2D eigenvalue weighted by atomic mass is 32.2. The molecule has 1 fully saturated rings. The largest absolute Gasteiger partial charge is 0.399 e. The Kier molecular flexibility index (Phi) is 2.95. The van der Waals surface area contributed by atoms with Crippen LogP contribution in [0.5, 0.6) is 0 Å². The van der Waals surface area contributed by atoms with Gasteiger partial charge in [-0.15, -0.1) is 4.40 Å². The molecule has 1 amide bonds. The van der Waals surface area contributed by atoms with E-state index in [1.165, 1.54) is 23.1 Å². The molecular weight excluding hydrogens is 256 g/mol. The number of likely N-dealkylation sites (N-methyl/N-ethyl adjacent to an activating group) is 1. The van der Waals surface area contributed by atoms with Crippen molar-refractivity contribution in [3.63, 3.8) is 0 Å². The molecule has 0 atom stereocenters. The van der Waals surface area contributed by atoms with Crippen molar-refractivity contribution in [3.8, 4) is 0 Å². The Morgan fingerprint density at radius 1 is 1.44 bits per heavy atom. The van der Waals surface area contributed by atoms with Crippen molar-refractivity contribution in [3.05, 3.63) is 24.3 Å². The van der Waals surface area contributed by atoms with Crippen molar-refractivity contribution >= 4 is 27.6 Å². The number of benzene rings is 1. The maximum absolute atomic E-state index is 12.0. The summed E-state index contributed by atoms with van der Waals surface area (Å²) in [6, 6.07) is 5.82. The first kappa shape index (κ1) is 12.4. The van der Waals surface area contributed by atoms with Gasteiger partial charge in [-0.25, -0.2) is 0 Å². The average Bonchev–Trinajstić information content (AvgIpc) is 2.56. The molecule has 1 aliphatic rings. The molecule has 1 aromatic rings. The summed E-state index contributed by atoms with van der Waals surface area (Å²) in [6.07, 6.45) is 0. The molecule has 0 aromatic heterocycles. The van der Waals surface area contributed by atoms with Gasteiger partial charge >= 0.3 is 0 Å². The van der Waals surface area contributed by atoms with Crippen molar-refractivity contribution in [1.29, 1.82) is 0 Å². The smallest absolute Gasteiger partial charge is 0.285 e. The number of nitrogen functional groups attached to an aromatic ring is 1. The molecule has 1 saturated heterocycles. The van der Waals surface area contributed by atoms with Gasteiger partial charge in [-0.2, -0.15) is 8.42 Å². The van der Waals surface area contributed by atoms with E-state index in [0.29, 0.717) is 5.69 Å². The van der Waals surface area contributed by atoms with Gasteiger partial charge in [-0.1, -0.05) is 6.07 Å². The molecule has 1 heterocycles. The molecule has 7 nitrogen and oxygen atoms in total. The maximum Gasteiger partial charge on any atom is 0.285 e. The minimum atomic E-state index is -3.87. The van der Waals surface area contributed by atoms with E-state index >= 15 is 0 Å². The summed E-state index contributed by atoms with van der Waals surface area (Å²) >= 11 is 0. The first-order valence-corrected chi connectivity index (χ1v) is 6.54. The van der Waals surface area contributed by atoms with Crippen LogP contribution in [-0.4, -0.2) is 38.8 Å². The van der Waals surface area contributed by atoms with Gasteiger partial charge in [-0.3, -0.25) is 10.1 Å². The molecule has 0 spiro atoms. The molecular formula is C10H12N4O3S. The number of carbonyl (C=O) groups excluding carboxylic acids is 1. The maximum atomic E-state index is 12.0. The lowest BCUT2D eigenvalue weighted by molar-refractivity contribution is -0.118. The molecule has 0 radical (unpaired) electrons.